The van der Waals surface area contributed by atoms with E-state index in [9.17, 15) is 0 Å². The van der Waals surface area contributed by atoms with Crippen molar-refractivity contribution < 1.29 is 4.57 Å². The highest BCUT2D eigenvalue weighted by atomic mass is 15.1. The number of H-pyrrole nitrogens is 1. The fourth-order valence-corrected chi connectivity index (χ4v) is 8.02. The number of aromatic amines is 1. The Kier molecular flexibility index (Phi) is 33.9. The van der Waals surface area contributed by atoms with Gasteiger partial charge in [-0.2, -0.15) is 0 Å². The molecule has 48 heavy (non-hydrogen) atoms. The average molecular weight is 672 g/mol. The molecule has 2 heteroatoms. The lowest BCUT2D eigenvalue weighted by Gasteiger charge is -2.17. The highest BCUT2D eigenvalue weighted by Crippen LogP contribution is 2.27. The third-order valence-electron chi connectivity index (χ3n) is 11.4. The number of nitrogens with one attached hydrogen (secondary N) is 1. The van der Waals surface area contributed by atoms with Gasteiger partial charge in [0.1, 0.15) is 12.4 Å². The first-order valence-electron chi connectivity index (χ1n) is 22.8. The highest BCUT2D eigenvalue weighted by molar-refractivity contribution is 4.90. The maximum atomic E-state index is 3.77. The van der Waals surface area contributed by atoms with Gasteiger partial charge in [-0.25, -0.2) is 9.55 Å². The lowest BCUT2D eigenvalue weighted by molar-refractivity contribution is -0.727. The molecule has 2 nitrogen and oxygen atoms in total. The molecule has 0 saturated heterocycles. The third kappa shape index (κ3) is 27.0. The molecule has 2 atom stereocenters. The van der Waals surface area contributed by atoms with E-state index in [1.807, 2.05) is 0 Å². The summed E-state index contributed by atoms with van der Waals surface area (Å²) in [5, 5.41) is 0. The van der Waals surface area contributed by atoms with Gasteiger partial charge in [0.25, 0.3) is 5.82 Å². The molecule has 1 aromatic heterocycles. The topological polar surface area (TPSA) is 19.7 Å². The zero-order valence-electron chi connectivity index (χ0n) is 33.9. The molecule has 2 unspecified atom stereocenters. The molecule has 0 aliphatic rings. The minimum Gasteiger partial charge on any atom is -0.247 e. The van der Waals surface area contributed by atoms with E-state index < -0.39 is 0 Å². The summed E-state index contributed by atoms with van der Waals surface area (Å²) in [4.78, 5) is 3.77. The molecule has 0 saturated carbocycles. The number of imidazole rings is 1. The quantitative estimate of drug-likeness (QED) is 0.0531. The lowest BCUT2D eigenvalue weighted by Crippen LogP contribution is -2.41. The van der Waals surface area contributed by atoms with Crippen LogP contribution in [0.2, 0.25) is 0 Å². The normalized spacial score (nSPS) is 13.0. The number of unbranched alkanes of at least 4 members (excludes halogenated alkanes) is 31. The maximum absolute atomic E-state index is 3.77. The fourth-order valence-electron chi connectivity index (χ4n) is 8.02. The van der Waals surface area contributed by atoms with Crippen LogP contribution in [0.1, 0.15) is 283 Å². The standard InChI is InChI=1S/C46H90N2/c1-5-8-11-14-17-20-23-25-27-30-33-36-39-44(4)48-43-42-47-46(48)45(40-37-34-31-28-22-19-16-13-10-7-3)41-38-35-32-29-26-24-21-18-15-12-9-6-2/h42-45H,5-41H2,1-4H3/p+1. The predicted octanol–water partition coefficient (Wildman–Crippen LogP) is 16.4. The van der Waals surface area contributed by atoms with Crippen molar-refractivity contribution in [1.82, 2.24) is 4.98 Å². The monoisotopic (exact) mass is 672 g/mol. The van der Waals surface area contributed by atoms with E-state index in [2.05, 4.69) is 49.6 Å². The number of hydrogen-bond acceptors (Lipinski definition) is 0. The van der Waals surface area contributed by atoms with Crippen LogP contribution in [0, 0.1) is 0 Å². The molecule has 0 radical (unpaired) electrons. The Balaban J connectivity index is 2.39. The van der Waals surface area contributed by atoms with Crippen LogP contribution in [0.5, 0.6) is 0 Å². The largest absolute Gasteiger partial charge is 0.257 e. The van der Waals surface area contributed by atoms with Gasteiger partial charge in [0.15, 0.2) is 0 Å². The summed E-state index contributed by atoms with van der Waals surface area (Å²) in [5.74, 6) is 2.25. The molecule has 0 aromatic carbocycles. The Bertz CT molecular complexity index is 738. The van der Waals surface area contributed by atoms with Crippen LogP contribution >= 0.6 is 0 Å². The molecule has 284 valence electrons. The van der Waals surface area contributed by atoms with Crippen molar-refractivity contribution in [2.24, 2.45) is 0 Å². The second-order valence-corrected chi connectivity index (χ2v) is 16.1. The Morgan fingerprint density at radius 3 is 0.979 bits per heavy atom. The molecular formula is C46H91N2+. The number of rotatable bonds is 39. The van der Waals surface area contributed by atoms with E-state index in [0.29, 0.717) is 12.0 Å². The average Bonchev–Trinajstić information content (AvgIpc) is 3.59. The molecule has 1 aromatic rings. The van der Waals surface area contributed by atoms with Gasteiger partial charge in [-0.05, 0) is 32.6 Å². The highest BCUT2D eigenvalue weighted by Gasteiger charge is 2.25. The van der Waals surface area contributed by atoms with Crippen LogP contribution < -0.4 is 4.57 Å². The zero-order chi connectivity index (χ0) is 34.6. The molecule has 0 aliphatic heterocycles. The number of hydrogen-bond donors (Lipinski definition) is 1. The Morgan fingerprint density at radius 2 is 0.667 bits per heavy atom. The third-order valence-corrected chi connectivity index (χ3v) is 11.4. The van der Waals surface area contributed by atoms with E-state index in [4.69, 9.17) is 0 Å². The van der Waals surface area contributed by atoms with Crippen LogP contribution in [0.15, 0.2) is 12.4 Å². The van der Waals surface area contributed by atoms with Crippen molar-refractivity contribution >= 4 is 0 Å². The van der Waals surface area contributed by atoms with E-state index in [1.54, 1.807) is 5.82 Å². The Labute approximate surface area is 304 Å². The Hall–Kier alpha value is -0.790. The van der Waals surface area contributed by atoms with Gasteiger partial charge >= 0.3 is 0 Å². The molecule has 0 aliphatic carbocycles. The molecular weight excluding hydrogens is 581 g/mol. The van der Waals surface area contributed by atoms with Gasteiger partial charge in [-0.1, -0.05) is 233 Å². The summed E-state index contributed by atoms with van der Waals surface area (Å²) >= 11 is 0. The van der Waals surface area contributed by atoms with Gasteiger partial charge in [-0.3, -0.25) is 0 Å². The van der Waals surface area contributed by atoms with Crippen molar-refractivity contribution in [1.29, 1.82) is 0 Å². The van der Waals surface area contributed by atoms with E-state index in [0.717, 1.165) is 0 Å². The van der Waals surface area contributed by atoms with Crippen LogP contribution in [0.25, 0.3) is 0 Å². The van der Waals surface area contributed by atoms with E-state index >= 15 is 0 Å². The van der Waals surface area contributed by atoms with Crippen molar-refractivity contribution in [3.8, 4) is 0 Å². The van der Waals surface area contributed by atoms with Crippen LogP contribution in [-0.2, 0) is 0 Å². The maximum Gasteiger partial charge on any atom is 0.257 e. The van der Waals surface area contributed by atoms with Crippen LogP contribution in [-0.4, -0.2) is 4.98 Å². The second-order valence-electron chi connectivity index (χ2n) is 16.1. The van der Waals surface area contributed by atoms with Gasteiger partial charge in [-0.15, -0.1) is 0 Å². The van der Waals surface area contributed by atoms with Gasteiger partial charge in [0.05, 0.1) is 12.0 Å². The van der Waals surface area contributed by atoms with Gasteiger partial charge < -0.3 is 0 Å². The van der Waals surface area contributed by atoms with Crippen molar-refractivity contribution in [2.75, 3.05) is 0 Å². The molecule has 0 amide bonds. The number of aromatic nitrogens is 2. The molecule has 1 N–H and O–H groups in total. The first-order valence-corrected chi connectivity index (χ1v) is 22.8. The van der Waals surface area contributed by atoms with E-state index in [1.165, 1.54) is 238 Å². The second kappa shape index (κ2) is 36.0. The molecule has 0 fully saturated rings. The van der Waals surface area contributed by atoms with Gasteiger partial charge in [0.2, 0.25) is 0 Å². The van der Waals surface area contributed by atoms with Gasteiger partial charge in [0, 0.05) is 0 Å². The molecule has 1 heterocycles. The van der Waals surface area contributed by atoms with Crippen molar-refractivity contribution in [3.05, 3.63) is 18.2 Å². The summed E-state index contributed by atoms with van der Waals surface area (Å²) in [5.41, 5.74) is 0. The lowest BCUT2D eigenvalue weighted by atomic mass is 9.92. The molecule has 0 spiro atoms. The SMILES string of the molecule is CCCCCCCCCCCCCCC(CCCCCCCCCCCC)c1[nH]cc[n+]1C(C)CCCCCCCCCCCCCC. The first-order chi connectivity index (χ1) is 23.7. The summed E-state index contributed by atoms with van der Waals surface area (Å²) in [7, 11) is 0. The summed E-state index contributed by atoms with van der Waals surface area (Å²) < 4.78 is 2.65. The zero-order valence-corrected chi connectivity index (χ0v) is 33.9. The summed E-state index contributed by atoms with van der Waals surface area (Å²) in [6.07, 6.45) is 57.6. The molecule has 0 bridgehead atoms. The van der Waals surface area contributed by atoms with Crippen LogP contribution in [0.3, 0.4) is 0 Å². The van der Waals surface area contributed by atoms with Crippen LogP contribution in [0.4, 0.5) is 0 Å². The minimum absolute atomic E-state index is 0.617. The van der Waals surface area contributed by atoms with Crippen molar-refractivity contribution in [2.45, 2.75) is 277 Å². The first kappa shape index (κ1) is 45.2. The van der Waals surface area contributed by atoms with Crippen molar-refractivity contribution in [3.63, 3.8) is 0 Å². The Morgan fingerprint density at radius 1 is 0.396 bits per heavy atom. The smallest absolute Gasteiger partial charge is 0.247 e. The summed E-state index contributed by atoms with van der Waals surface area (Å²) in [6.45, 7) is 9.43. The number of nitrogens with zero attached hydrogens (tertiary/aromatic N) is 1. The summed E-state index contributed by atoms with van der Waals surface area (Å²) in [6, 6.07) is 0.617. The molecule has 1 rings (SSSR count). The minimum atomic E-state index is 0.617. The predicted molar refractivity (Wildman–Crippen MR) is 216 cm³/mol. The van der Waals surface area contributed by atoms with E-state index in [-0.39, 0.29) is 0 Å². The fraction of sp³-hybridized carbons (Fsp3) is 0.935.